The highest BCUT2D eigenvalue weighted by Crippen LogP contribution is 2.10. The average Bonchev–Trinajstić information content (AvgIpc) is 2.51. The highest BCUT2D eigenvalue weighted by Gasteiger charge is 2.06. The molecule has 24 heavy (non-hydrogen) atoms. The van der Waals surface area contributed by atoms with E-state index in [1.165, 1.54) is 6.07 Å². The van der Waals surface area contributed by atoms with Gasteiger partial charge in [0.2, 0.25) is 0 Å². The molecule has 0 bridgehead atoms. The van der Waals surface area contributed by atoms with E-state index in [2.05, 4.69) is 41.3 Å². The first-order chi connectivity index (χ1) is 11.0. The van der Waals surface area contributed by atoms with Crippen LogP contribution in [0, 0.1) is 12.7 Å². The van der Waals surface area contributed by atoms with Gasteiger partial charge in [0, 0.05) is 32.7 Å². The van der Waals surface area contributed by atoms with Crippen molar-refractivity contribution in [3.05, 3.63) is 35.1 Å². The number of hydrogen-bond donors (Lipinski definition) is 2. The van der Waals surface area contributed by atoms with Gasteiger partial charge in [-0.05, 0) is 57.0 Å². The first-order valence-corrected chi connectivity index (χ1v) is 8.41. The maximum atomic E-state index is 13.1. The summed E-state index contributed by atoms with van der Waals surface area (Å²) >= 11 is 0. The number of aliphatic imine (C=N–C) groups is 1. The molecule has 0 heterocycles. The van der Waals surface area contributed by atoms with E-state index in [1.807, 2.05) is 13.0 Å². The molecule has 1 rings (SSSR count). The topological polar surface area (TPSA) is 39.7 Å². The number of likely N-dealkylation sites (N-methyl/N-ethyl adjacent to an activating group) is 1. The average molecular weight is 450 g/mol. The first-order valence-electron chi connectivity index (χ1n) is 8.41. The third kappa shape index (κ3) is 8.28. The van der Waals surface area contributed by atoms with E-state index in [0.29, 0.717) is 6.04 Å². The zero-order chi connectivity index (χ0) is 17.2. The summed E-state index contributed by atoms with van der Waals surface area (Å²) in [5.41, 5.74) is 2.15. The molecule has 0 atom stereocenters. The number of rotatable bonds is 8. The highest BCUT2D eigenvalue weighted by atomic mass is 127. The molecule has 138 valence electrons. The maximum Gasteiger partial charge on any atom is 0.191 e. The monoisotopic (exact) mass is 450 g/mol. The zero-order valence-electron chi connectivity index (χ0n) is 15.5. The fraction of sp³-hybridized carbons (Fsp3) is 0.611. The molecule has 1 aromatic carbocycles. The van der Waals surface area contributed by atoms with Crippen molar-refractivity contribution in [2.45, 2.75) is 40.2 Å². The number of guanidine groups is 1. The second-order valence-electron chi connectivity index (χ2n) is 5.97. The SMILES string of the molecule is CCN(CCNC(=NC)NCCc1ccc(F)cc1C)C(C)C.I. The van der Waals surface area contributed by atoms with Gasteiger partial charge < -0.3 is 10.6 Å². The summed E-state index contributed by atoms with van der Waals surface area (Å²) in [5.74, 6) is 0.631. The minimum absolute atomic E-state index is 0. The van der Waals surface area contributed by atoms with Gasteiger partial charge >= 0.3 is 0 Å². The zero-order valence-corrected chi connectivity index (χ0v) is 17.9. The summed E-state index contributed by atoms with van der Waals surface area (Å²) in [5, 5.41) is 6.64. The lowest BCUT2D eigenvalue weighted by atomic mass is 10.1. The molecule has 0 radical (unpaired) electrons. The van der Waals surface area contributed by atoms with Crippen LogP contribution in [0.2, 0.25) is 0 Å². The Balaban J connectivity index is 0.00000529. The van der Waals surface area contributed by atoms with Crippen LogP contribution in [0.3, 0.4) is 0 Å². The van der Waals surface area contributed by atoms with Crippen molar-refractivity contribution < 1.29 is 4.39 Å². The predicted molar refractivity (Wildman–Crippen MR) is 112 cm³/mol. The van der Waals surface area contributed by atoms with Crippen molar-refractivity contribution in [2.24, 2.45) is 4.99 Å². The van der Waals surface area contributed by atoms with Crippen molar-refractivity contribution in [3.63, 3.8) is 0 Å². The van der Waals surface area contributed by atoms with Gasteiger partial charge in [-0.1, -0.05) is 13.0 Å². The number of nitrogens with zero attached hydrogens (tertiary/aromatic N) is 2. The van der Waals surface area contributed by atoms with Crippen LogP contribution in [0.5, 0.6) is 0 Å². The summed E-state index contributed by atoms with van der Waals surface area (Å²) in [6.45, 7) is 12.2. The van der Waals surface area contributed by atoms with Crippen LogP contribution in [0.4, 0.5) is 4.39 Å². The largest absolute Gasteiger partial charge is 0.356 e. The van der Waals surface area contributed by atoms with Crippen LogP contribution in [0.15, 0.2) is 23.2 Å². The molecule has 0 fully saturated rings. The molecule has 0 saturated carbocycles. The molecule has 1 aromatic rings. The van der Waals surface area contributed by atoms with Crippen molar-refractivity contribution in [2.75, 3.05) is 33.2 Å². The van der Waals surface area contributed by atoms with Gasteiger partial charge in [-0.3, -0.25) is 9.89 Å². The van der Waals surface area contributed by atoms with E-state index < -0.39 is 0 Å². The smallest absolute Gasteiger partial charge is 0.191 e. The van der Waals surface area contributed by atoms with Crippen molar-refractivity contribution in [1.29, 1.82) is 0 Å². The van der Waals surface area contributed by atoms with E-state index in [-0.39, 0.29) is 29.8 Å². The van der Waals surface area contributed by atoms with Crippen LogP contribution >= 0.6 is 24.0 Å². The minimum Gasteiger partial charge on any atom is -0.356 e. The Bertz CT molecular complexity index is 506. The third-order valence-electron chi connectivity index (χ3n) is 4.04. The van der Waals surface area contributed by atoms with E-state index in [4.69, 9.17) is 0 Å². The molecule has 4 nitrogen and oxygen atoms in total. The predicted octanol–water partition coefficient (Wildman–Crippen LogP) is 3.19. The van der Waals surface area contributed by atoms with Crippen LogP contribution in [0.25, 0.3) is 0 Å². The lowest BCUT2D eigenvalue weighted by molar-refractivity contribution is 0.237. The number of aryl methyl sites for hydroxylation is 1. The minimum atomic E-state index is -0.178. The van der Waals surface area contributed by atoms with Crippen molar-refractivity contribution in [1.82, 2.24) is 15.5 Å². The summed E-state index contributed by atoms with van der Waals surface area (Å²) in [4.78, 5) is 6.64. The summed E-state index contributed by atoms with van der Waals surface area (Å²) in [7, 11) is 1.78. The fourth-order valence-electron chi connectivity index (χ4n) is 2.58. The summed E-state index contributed by atoms with van der Waals surface area (Å²) in [6, 6.07) is 5.50. The molecule has 0 spiro atoms. The summed E-state index contributed by atoms with van der Waals surface area (Å²) < 4.78 is 13.1. The molecule has 2 N–H and O–H groups in total. The number of nitrogens with one attached hydrogen (secondary N) is 2. The molecule has 0 saturated heterocycles. The van der Waals surface area contributed by atoms with E-state index >= 15 is 0 Å². The normalized spacial score (nSPS) is 11.6. The van der Waals surface area contributed by atoms with Gasteiger partial charge in [0.25, 0.3) is 0 Å². The van der Waals surface area contributed by atoms with Crippen LogP contribution in [-0.4, -0.2) is 50.1 Å². The number of hydrogen-bond acceptors (Lipinski definition) is 2. The second kappa shape index (κ2) is 12.5. The Morgan fingerprint density at radius 1 is 1.25 bits per heavy atom. The van der Waals surface area contributed by atoms with E-state index in [1.54, 1.807) is 13.1 Å². The van der Waals surface area contributed by atoms with Crippen LogP contribution in [-0.2, 0) is 6.42 Å². The van der Waals surface area contributed by atoms with Gasteiger partial charge in [0.1, 0.15) is 5.82 Å². The molecular weight excluding hydrogens is 418 g/mol. The number of halogens is 2. The standard InChI is InChI=1S/C18H31FN4.HI/c1-6-23(14(2)3)12-11-22-18(20-5)21-10-9-16-7-8-17(19)13-15(16)4;/h7-8,13-14H,6,9-12H2,1-5H3,(H2,20,21,22);1H. The molecule has 0 unspecified atom stereocenters. The molecule has 0 aliphatic heterocycles. The number of benzene rings is 1. The van der Waals surface area contributed by atoms with Crippen LogP contribution < -0.4 is 10.6 Å². The molecular formula is C18H32FIN4. The van der Waals surface area contributed by atoms with E-state index in [9.17, 15) is 4.39 Å². The summed E-state index contributed by atoms with van der Waals surface area (Å²) in [6.07, 6.45) is 0.847. The Labute approximate surface area is 163 Å². The van der Waals surface area contributed by atoms with Gasteiger partial charge in [-0.15, -0.1) is 24.0 Å². The van der Waals surface area contributed by atoms with Crippen molar-refractivity contribution >= 4 is 29.9 Å². The van der Waals surface area contributed by atoms with Gasteiger partial charge in [-0.25, -0.2) is 4.39 Å². The molecule has 6 heteroatoms. The van der Waals surface area contributed by atoms with Crippen LogP contribution in [0.1, 0.15) is 31.9 Å². The van der Waals surface area contributed by atoms with Gasteiger partial charge in [0.15, 0.2) is 5.96 Å². The molecule has 0 amide bonds. The Hall–Kier alpha value is -0.890. The van der Waals surface area contributed by atoms with Crippen molar-refractivity contribution in [3.8, 4) is 0 Å². The fourth-order valence-corrected chi connectivity index (χ4v) is 2.58. The molecule has 0 aromatic heterocycles. The molecule has 0 aliphatic rings. The Kier molecular flexibility index (Phi) is 12.0. The quantitative estimate of drug-likeness (QED) is 0.363. The Morgan fingerprint density at radius 3 is 2.46 bits per heavy atom. The highest BCUT2D eigenvalue weighted by molar-refractivity contribution is 14.0. The lowest BCUT2D eigenvalue weighted by Crippen LogP contribution is -2.43. The second-order valence-corrected chi connectivity index (χ2v) is 5.97. The van der Waals surface area contributed by atoms with Gasteiger partial charge in [0.05, 0.1) is 0 Å². The maximum absolute atomic E-state index is 13.1. The molecule has 0 aliphatic carbocycles. The first kappa shape index (κ1) is 23.1. The third-order valence-corrected chi connectivity index (χ3v) is 4.04. The Morgan fingerprint density at radius 2 is 1.92 bits per heavy atom. The lowest BCUT2D eigenvalue weighted by Gasteiger charge is -2.25. The van der Waals surface area contributed by atoms with Gasteiger partial charge in [-0.2, -0.15) is 0 Å². The van der Waals surface area contributed by atoms with E-state index in [0.717, 1.165) is 49.7 Å².